The van der Waals surface area contributed by atoms with Crippen molar-refractivity contribution in [1.29, 1.82) is 0 Å². The van der Waals surface area contributed by atoms with E-state index in [1.165, 1.54) is 46.6 Å². The molecule has 1 aromatic heterocycles. The maximum atomic E-state index is 5.04. The normalized spacial score (nSPS) is 18.2. The van der Waals surface area contributed by atoms with E-state index in [1.807, 2.05) is 11.3 Å². The number of aromatic nitrogens is 1. The molecule has 1 aliphatic rings. The van der Waals surface area contributed by atoms with Gasteiger partial charge in [-0.05, 0) is 50.4 Å². The van der Waals surface area contributed by atoms with Gasteiger partial charge in [0.2, 0.25) is 0 Å². The molecule has 0 N–H and O–H groups in total. The van der Waals surface area contributed by atoms with Gasteiger partial charge in [-0.25, -0.2) is 4.98 Å². The van der Waals surface area contributed by atoms with Crippen LogP contribution in [0.5, 0.6) is 0 Å². The summed E-state index contributed by atoms with van der Waals surface area (Å²) in [5.74, 6) is 0.566. The van der Waals surface area contributed by atoms with Crippen molar-refractivity contribution >= 4 is 11.3 Å². The Bertz CT molecular complexity index is 869. The Morgan fingerprint density at radius 2 is 1.96 bits per heavy atom. The van der Waals surface area contributed by atoms with Crippen LogP contribution in [0.1, 0.15) is 40.5 Å². The Morgan fingerprint density at radius 3 is 2.81 bits per heavy atom. The molecule has 0 spiro atoms. The molecule has 1 unspecified atom stereocenters. The second-order valence-corrected chi connectivity index (χ2v) is 8.34. The van der Waals surface area contributed by atoms with Gasteiger partial charge in [0.05, 0.1) is 10.7 Å². The maximum Gasteiger partial charge on any atom is 0.0976 e. The summed E-state index contributed by atoms with van der Waals surface area (Å²) in [6.07, 6.45) is 2.51. The van der Waals surface area contributed by atoms with Crippen molar-refractivity contribution in [3.05, 3.63) is 75.6 Å². The van der Waals surface area contributed by atoms with Crippen molar-refractivity contribution in [3.63, 3.8) is 0 Å². The molecule has 3 aromatic rings. The Labute approximate surface area is 160 Å². The van der Waals surface area contributed by atoms with Gasteiger partial charge in [0.15, 0.2) is 0 Å². The van der Waals surface area contributed by atoms with Crippen LogP contribution in [0.4, 0.5) is 0 Å². The monoisotopic (exact) mass is 362 g/mol. The average Bonchev–Trinajstić information content (AvgIpc) is 3.15. The first-order valence-electron chi connectivity index (χ1n) is 9.48. The van der Waals surface area contributed by atoms with Gasteiger partial charge in [0.25, 0.3) is 0 Å². The Kier molecular flexibility index (Phi) is 5.18. The van der Waals surface area contributed by atoms with E-state index < -0.39 is 0 Å². The summed E-state index contributed by atoms with van der Waals surface area (Å²) in [4.78, 5) is 7.63. The number of hydrogen-bond acceptors (Lipinski definition) is 3. The number of nitrogens with zero attached hydrogens (tertiary/aromatic N) is 2. The second kappa shape index (κ2) is 7.73. The minimum atomic E-state index is 0.566. The average molecular weight is 363 g/mol. The molecular formula is C23H26N2S. The zero-order valence-electron chi connectivity index (χ0n) is 15.6. The van der Waals surface area contributed by atoms with Gasteiger partial charge in [-0.15, -0.1) is 11.3 Å². The molecule has 0 bridgehead atoms. The Balaban J connectivity index is 1.49. The highest BCUT2D eigenvalue weighted by atomic mass is 32.1. The van der Waals surface area contributed by atoms with Crippen LogP contribution < -0.4 is 0 Å². The van der Waals surface area contributed by atoms with E-state index >= 15 is 0 Å². The maximum absolute atomic E-state index is 5.04. The summed E-state index contributed by atoms with van der Waals surface area (Å²) in [5, 5.41) is 3.55. The van der Waals surface area contributed by atoms with Crippen molar-refractivity contribution < 1.29 is 0 Å². The second-order valence-electron chi connectivity index (χ2n) is 7.45. The number of aryl methyl sites for hydroxylation is 2. The van der Waals surface area contributed by atoms with Gasteiger partial charge >= 0.3 is 0 Å². The van der Waals surface area contributed by atoms with E-state index in [2.05, 4.69) is 72.7 Å². The van der Waals surface area contributed by atoms with Gasteiger partial charge in [0, 0.05) is 30.0 Å². The van der Waals surface area contributed by atoms with Crippen LogP contribution >= 0.6 is 11.3 Å². The molecule has 2 nitrogen and oxygen atoms in total. The van der Waals surface area contributed by atoms with Crippen LogP contribution in [0, 0.1) is 13.8 Å². The zero-order valence-corrected chi connectivity index (χ0v) is 16.4. The topological polar surface area (TPSA) is 16.1 Å². The molecule has 1 fully saturated rings. The van der Waals surface area contributed by atoms with Crippen molar-refractivity contribution in [2.24, 2.45) is 0 Å². The van der Waals surface area contributed by atoms with Gasteiger partial charge in [-0.2, -0.15) is 0 Å². The Hall–Kier alpha value is -1.97. The summed E-state index contributed by atoms with van der Waals surface area (Å²) in [6.45, 7) is 7.69. The SMILES string of the molecule is Cc1ccc(C)c(-c2csc(C3CCCN(Cc4ccccc4)C3)n2)c1. The fourth-order valence-electron chi connectivity index (χ4n) is 3.85. The highest BCUT2D eigenvalue weighted by molar-refractivity contribution is 7.10. The lowest BCUT2D eigenvalue weighted by Gasteiger charge is -2.31. The first kappa shape index (κ1) is 17.4. The van der Waals surface area contributed by atoms with Crippen molar-refractivity contribution in [3.8, 4) is 11.3 Å². The summed E-state index contributed by atoms with van der Waals surface area (Å²) in [6, 6.07) is 17.4. The summed E-state index contributed by atoms with van der Waals surface area (Å²) in [5.41, 5.74) is 6.44. The van der Waals surface area contributed by atoms with E-state index in [1.54, 1.807) is 0 Å². The number of likely N-dealkylation sites (tertiary alicyclic amines) is 1. The molecule has 4 rings (SSSR count). The number of benzene rings is 2. The Morgan fingerprint density at radius 1 is 1.12 bits per heavy atom. The van der Waals surface area contributed by atoms with E-state index in [0.29, 0.717) is 5.92 Å². The fourth-order valence-corrected chi connectivity index (χ4v) is 4.80. The lowest BCUT2D eigenvalue weighted by Crippen LogP contribution is -2.33. The minimum absolute atomic E-state index is 0.566. The number of piperidine rings is 1. The van der Waals surface area contributed by atoms with Crippen LogP contribution in [0.15, 0.2) is 53.9 Å². The molecule has 1 aliphatic heterocycles. The molecule has 1 saturated heterocycles. The smallest absolute Gasteiger partial charge is 0.0976 e. The fraction of sp³-hybridized carbons (Fsp3) is 0.348. The third kappa shape index (κ3) is 3.89. The standard InChI is InChI=1S/C23H26N2S/c1-17-10-11-18(2)21(13-17)22-16-26-23(24-22)20-9-6-12-25(15-20)14-19-7-4-3-5-8-19/h3-5,7-8,10-11,13,16,20H,6,9,12,14-15H2,1-2H3. The van der Waals surface area contributed by atoms with Gasteiger partial charge in [-0.1, -0.05) is 48.0 Å². The molecule has 1 atom stereocenters. The largest absolute Gasteiger partial charge is 0.298 e. The van der Waals surface area contributed by atoms with Crippen LogP contribution in [0.3, 0.4) is 0 Å². The summed E-state index contributed by atoms with van der Waals surface area (Å²) < 4.78 is 0. The van der Waals surface area contributed by atoms with Gasteiger partial charge in [0.1, 0.15) is 0 Å². The molecule has 0 aliphatic carbocycles. The number of hydrogen-bond donors (Lipinski definition) is 0. The van der Waals surface area contributed by atoms with E-state index in [9.17, 15) is 0 Å². The zero-order chi connectivity index (χ0) is 17.9. The van der Waals surface area contributed by atoms with Crippen molar-refractivity contribution in [2.75, 3.05) is 13.1 Å². The molecule has 0 radical (unpaired) electrons. The third-order valence-electron chi connectivity index (χ3n) is 5.29. The summed E-state index contributed by atoms with van der Waals surface area (Å²) >= 11 is 1.84. The quantitative estimate of drug-likeness (QED) is 0.582. The third-order valence-corrected chi connectivity index (χ3v) is 6.30. The molecular weight excluding hydrogens is 336 g/mol. The van der Waals surface area contributed by atoms with Crippen LogP contribution in [-0.4, -0.2) is 23.0 Å². The predicted molar refractivity (Wildman–Crippen MR) is 111 cm³/mol. The molecule has 0 amide bonds. The van der Waals surface area contributed by atoms with Crippen LogP contribution in [-0.2, 0) is 6.54 Å². The van der Waals surface area contributed by atoms with Gasteiger partial charge in [-0.3, -0.25) is 4.90 Å². The number of thiazole rings is 1. The molecule has 2 aromatic carbocycles. The van der Waals surface area contributed by atoms with E-state index in [0.717, 1.165) is 18.8 Å². The van der Waals surface area contributed by atoms with E-state index in [-0.39, 0.29) is 0 Å². The molecule has 2 heterocycles. The molecule has 0 saturated carbocycles. The minimum Gasteiger partial charge on any atom is -0.298 e. The summed E-state index contributed by atoms with van der Waals surface area (Å²) in [7, 11) is 0. The van der Waals surface area contributed by atoms with E-state index in [4.69, 9.17) is 4.98 Å². The molecule has 26 heavy (non-hydrogen) atoms. The predicted octanol–water partition coefficient (Wildman–Crippen LogP) is 5.81. The highest BCUT2D eigenvalue weighted by Crippen LogP contribution is 2.33. The number of rotatable bonds is 4. The lowest BCUT2D eigenvalue weighted by molar-refractivity contribution is 0.200. The first-order valence-corrected chi connectivity index (χ1v) is 10.4. The molecule has 134 valence electrons. The van der Waals surface area contributed by atoms with Crippen LogP contribution in [0.2, 0.25) is 0 Å². The molecule has 3 heteroatoms. The highest BCUT2D eigenvalue weighted by Gasteiger charge is 2.24. The van der Waals surface area contributed by atoms with Crippen molar-refractivity contribution in [1.82, 2.24) is 9.88 Å². The van der Waals surface area contributed by atoms with Crippen LogP contribution in [0.25, 0.3) is 11.3 Å². The first-order chi connectivity index (χ1) is 12.7. The van der Waals surface area contributed by atoms with Gasteiger partial charge < -0.3 is 0 Å². The van der Waals surface area contributed by atoms with Crippen molar-refractivity contribution in [2.45, 2.75) is 39.2 Å². The lowest BCUT2D eigenvalue weighted by atomic mass is 9.98.